The topological polar surface area (TPSA) is 31.0 Å². The molecule has 176 valence electrons. The zero-order chi connectivity index (χ0) is 22.9. The van der Waals surface area contributed by atoms with Gasteiger partial charge in [0, 0.05) is 6.61 Å². The lowest BCUT2D eigenvalue weighted by Gasteiger charge is -2.48. The van der Waals surface area contributed by atoms with Gasteiger partial charge >= 0.3 is 0 Å². The Labute approximate surface area is 189 Å². The fourth-order valence-electron chi connectivity index (χ4n) is 5.68. The maximum absolute atomic E-state index is 7.05. The third-order valence-electron chi connectivity index (χ3n) is 9.90. The van der Waals surface area contributed by atoms with Crippen LogP contribution in [-0.2, 0) is 13.6 Å². The quantitative estimate of drug-likeness (QED) is 0.313. The molecule has 0 unspecified atom stereocenters. The van der Waals surface area contributed by atoms with E-state index in [4.69, 9.17) is 13.6 Å². The maximum atomic E-state index is 7.05. The largest absolute Gasteiger partial charge is 0.417 e. The highest BCUT2D eigenvalue weighted by molar-refractivity contribution is 6.74. The molecule has 5 heteroatoms. The fourth-order valence-corrected chi connectivity index (χ4v) is 8.13. The van der Waals surface area contributed by atoms with Gasteiger partial charge in [-0.1, -0.05) is 55.4 Å². The maximum Gasteiger partial charge on any atom is 0.192 e. The SMILES string of the molecule is C[C@H](CO[Si](C)(C)C(C)(C)C)[C@H]1CC[C@H]2[C@@H](O[Si](C)(C)C(C)(C)C)[C@@H]3O[C@@H]3C[C@]12C. The van der Waals surface area contributed by atoms with Crippen molar-refractivity contribution in [2.24, 2.45) is 23.2 Å². The Balaban J connectivity index is 1.73. The van der Waals surface area contributed by atoms with Gasteiger partial charge in [-0.25, -0.2) is 0 Å². The summed E-state index contributed by atoms with van der Waals surface area (Å²) in [5.74, 6) is 1.94. The van der Waals surface area contributed by atoms with E-state index in [-0.39, 0.29) is 10.1 Å². The van der Waals surface area contributed by atoms with Gasteiger partial charge in [0.1, 0.15) is 6.10 Å². The lowest BCUT2D eigenvalue weighted by molar-refractivity contribution is -0.0118. The van der Waals surface area contributed by atoms with E-state index in [1.165, 1.54) is 19.3 Å². The Morgan fingerprint density at radius 1 is 0.967 bits per heavy atom. The normalized spacial score (nSPS) is 38.2. The zero-order valence-electron chi connectivity index (χ0n) is 22.0. The van der Waals surface area contributed by atoms with Gasteiger partial charge in [0.15, 0.2) is 16.6 Å². The highest BCUT2D eigenvalue weighted by Crippen LogP contribution is 2.63. The molecule has 0 aromatic rings. The summed E-state index contributed by atoms with van der Waals surface area (Å²) in [6.45, 7) is 29.5. The van der Waals surface area contributed by atoms with Gasteiger partial charge in [-0.05, 0) is 78.7 Å². The van der Waals surface area contributed by atoms with Crippen molar-refractivity contribution >= 4 is 16.6 Å². The molecule has 7 atom stereocenters. The lowest BCUT2D eigenvalue weighted by Crippen LogP contribution is -2.53. The van der Waals surface area contributed by atoms with Gasteiger partial charge in [-0.3, -0.25) is 0 Å². The molecule has 2 saturated carbocycles. The van der Waals surface area contributed by atoms with Crippen molar-refractivity contribution in [3.8, 4) is 0 Å². The van der Waals surface area contributed by atoms with Crippen molar-refractivity contribution in [2.75, 3.05) is 6.61 Å². The average Bonchev–Trinajstić information content (AvgIpc) is 3.23. The highest BCUT2D eigenvalue weighted by atomic mass is 28.4. The minimum absolute atomic E-state index is 0.244. The Morgan fingerprint density at radius 2 is 1.53 bits per heavy atom. The molecule has 0 aromatic carbocycles. The van der Waals surface area contributed by atoms with Crippen LogP contribution in [0.4, 0.5) is 0 Å². The van der Waals surface area contributed by atoms with Crippen LogP contribution in [-0.4, -0.2) is 41.6 Å². The minimum atomic E-state index is -1.81. The average molecular weight is 455 g/mol. The van der Waals surface area contributed by atoms with E-state index in [1.54, 1.807) is 0 Å². The van der Waals surface area contributed by atoms with Gasteiger partial charge in [0.05, 0.1) is 12.2 Å². The van der Waals surface area contributed by atoms with Gasteiger partial charge in [0.2, 0.25) is 0 Å². The first-order valence-electron chi connectivity index (χ1n) is 12.4. The summed E-state index contributed by atoms with van der Waals surface area (Å²) in [5.41, 5.74) is 0.320. The van der Waals surface area contributed by atoms with Gasteiger partial charge < -0.3 is 13.6 Å². The van der Waals surface area contributed by atoms with Crippen LogP contribution < -0.4 is 0 Å². The lowest BCUT2D eigenvalue weighted by atomic mass is 9.62. The van der Waals surface area contributed by atoms with Crippen molar-refractivity contribution in [2.45, 2.75) is 129 Å². The van der Waals surface area contributed by atoms with Crippen LogP contribution in [0.15, 0.2) is 0 Å². The molecular formula is C25H50O3Si2. The molecule has 3 aliphatic rings. The van der Waals surface area contributed by atoms with Gasteiger partial charge in [-0.2, -0.15) is 0 Å². The summed E-state index contributed by atoms with van der Waals surface area (Å²) in [7, 11) is -3.51. The van der Waals surface area contributed by atoms with E-state index in [0.29, 0.717) is 41.5 Å². The van der Waals surface area contributed by atoms with Crippen molar-refractivity contribution in [3.63, 3.8) is 0 Å². The summed E-state index contributed by atoms with van der Waals surface area (Å²) < 4.78 is 19.9. The summed E-state index contributed by atoms with van der Waals surface area (Å²) >= 11 is 0. The Hall–Kier alpha value is 0.314. The second-order valence-electron chi connectivity index (χ2n) is 14.0. The smallest absolute Gasteiger partial charge is 0.192 e. The van der Waals surface area contributed by atoms with E-state index < -0.39 is 16.6 Å². The third kappa shape index (κ3) is 4.40. The second-order valence-corrected chi connectivity index (χ2v) is 23.6. The Bertz CT molecular complexity index is 633. The van der Waals surface area contributed by atoms with E-state index in [0.717, 1.165) is 6.61 Å². The number of rotatable bonds is 6. The molecule has 0 radical (unpaired) electrons. The number of hydrogen-bond donors (Lipinski definition) is 0. The van der Waals surface area contributed by atoms with Crippen molar-refractivity contribution in [1.29, 1.82) is 0 Å². The van der Waals surface area contributed by atoms with E-state index >= 15 is 0 Å². The van der Waals surface area contributed by atoms with Crippen LogP contribution in [0.3, 0.4) is 0 Å². The molecule has 2 aliphatic carbocycles. The zero-order valence-corrected chi connectivity index (χ0v) is 24.0. The molecule has 3 nitrogen and oxygen atoms in total. The summed E-state index contributed by atoms with van der Waals surface area (Å²) in [6, 6.07) is 0. The molecule has 0 spiro atoms. The predicted octanol–water partition coefficient (Wildman–Crippen LogP) is 7.24. The first-order chi connectivity index (χ1) is 13.4. The number of hydrogen-bond acceptors (Lipinski definition) is 3. The Morgan fingerprint density at radius 3 is 2.07 bits per heavy atom. The number of fused-ring (bicyclic) bond motifs is 2. The van der Waals surface area contributed by atoms with Crippen LogP contribution in [0, 0.1) is 23.2 Å². The molecule has 0 bridgehead atoms. The number of ether oxygens (including phenoxy) is 1. The molecule has 0 aromatic heterocycles. The molecule has 1 heterocycles. The molecule has 1 aliphatic heterocycles. The van der Waals surface area contributed by atoms with Crippen LogP contribution >= 0.6 is 0 Å². The standard InChI is InChI=1S/C25H50O3Si2/c1-17(16-26-29(9,10)23(2,3)4)18-13-14-19-21(28-30(11,12)24(5,6)7)22-20(27-22)15-25(18,19)8/h17-22H,13-16H2,1-12H3/t17-,18-,19+,20-,21-,22-,25-/m1/s1. The first-order valence-corrected chi connectivity index (χ1v) is 18.2. The van der Waals surface area contributed by atoms with Gasteiger partial charge in [-0.15, -0.1) is 0 Å². The van der Waals surface area contributed by atoms with E-state index in [1.807, 2.05) is 0 Å². The first kappa shape index (κ1) is 24.9. The van der Waals surface area contributed by atoms with Gasteiger partial charge in [0.25, 0.3) is 0 Å². The molecule has 0 N–H and O–H groups in total. The van der Waals surface area contributed by atoms with E-state index in [9.17, 15) is 0 Å². The van der Waals surface area contributed by atoms with Crippen molar-refractivity contribution in [1.82, 2.24) is 0 Å². The highest BCUT2D eigenvalue weighted by Gasteiger charge is 2.65. The van der Waals surface area contributed by atoms with Crippen LogP contribution in [0.1, 0.15) is 74.7 Å². The molecule has 3 fully saturated rings. The van der Waals surface area contributed by atoms with Crippen molar-refractivity contribution in [3.05, 3.63) is 0 Å². The second kappa shape index (κ2) is 7.68. The van der Waals surface area contributed by atoms with Crippen LogP contribution in [0.5, 0.6) is 0 Å². The molecular weight excluding hydrogens is 404 g/mol. The monoisotopic (exact) mass is 454 g/mol. The molecule has 0 amide bonds. The summed E-state index contributed by atoms with van der Waals surface area (Å²) in [4.78, 5) is 0. The Kier molecular flexibility index (Phi) is 6.39. The summed E-state index contributed by atoms with van der Waals surface area (Å²) in [5, 5.41) is 0.518. The van der Waals surface area contributed by atoms with Crippen LogP contribution in [0.2, 0.25) is 36.3 Å². The van der Waals surface area contributed by atoms with Crippen LogP contribution in [0.25, 0.3) is 0 Å². The molecule has 1 saturated heterocycles. The van der Waals surface area contributed by atoms with E-state index in [2.05, 4.69) is 81.6 Å². The minimum Gasteiger partial charge on any atom is -0.417 e. The molecule has 3 rings (SSSR count). The third-order valence-corrected chi connectivity index (χ3v) is 18.9. The van der Waals surface area contributed by atoms with Crippen molar-refractivity contribution < 1.29 is 13.6 Å². The fraction of sp³-hybridized carbons (Fsp3) is 1.00. The predicted molar refractivity (Wildman–Crippen MR) is 132 cm³/mol. The number of epoxide rings is 1. The summed E-state index contributed by atoms with van der Waals surface area (Å²) in [6.07, 6.45) is 4.91. The molecule has 30 heavy (non-hydrogen) atoms.